The van der Waals surface area contributed by atoms with Gasteiger partial charge >= 0.3 is 0 Å². The van der Waals surface area contributed by atoms with Crippen LogP contribution in [-0.2, 0) is 9.53 Å². The van der Waals surface area contributed by atoms with E-state index < -0.39 is 5.41 Å². The number of hydrogen-bond donors (Lipinski definition) is 3. The second-order valence-electron chi connectivity index (χ2n) is 4.63. The fourth-order valence-electron chi connectivity index (χ4n) is 2.07. The Morgan fingerprint density at radius 3 is 2.89 bits per heavy atom. The van der Waals surface area contributed by atoms with Gasteiger partial charge < -0.3 is 20.1 Å². The Labute approximate surface area is 104 Å². The van der Waals surface area contributed by atoms with E-state index in [1.165, 1.54) is 0 Å². The lowest BCUT2D eigenvalue weighted by Gasteiger charge is -2.37. The summed E-state index contributed by atoms with van der Waals surface area (Å²) in [5, 5.41) is 13.1. The number of aromatic nitrogens is 1. The Bertz CT molecular complexity index is 581. The van der Waals surface area contributed by atoms with Gasteiger partial charge in [0.2, 0.25) is 5.91 Å². The van der Waals surface area contributed by atoms with Crippen molar-refractivity contribution >= 4 is 22.5 Å². The van der Waals surface area contributed by atoms with E-state index in [0.29, 0.717) is 0 Å². The van der Waals surface area contributed by atoms with E-state index >= 15 is 0 Å². The molecule has 0 unspecified atom stereocenters. The molecule has 1 aliphatic rings. The molecule has 0 aliphatic carbocycles. The lowest BCUT2D eigenvalue weighted by molar-refractivity contribution is -0.164. The third-order valence-electron chi connectivity index (χ3n) is 3.38. The topological polar surface area (TPSA) is 74.4 Å². The van der Waals surface area contributed by atoms with Gasteiger partial charge in [-0.2, -0.15) is 0 Å². The molecule has 3 rings (SSSR count). The predicted molar refractivity (Wildman–Crippen MR) is 67.3 cm³/mol. The molecule has 0 atom stereocenters. The van der Waals surface area contributed by atoms with Crippen LogP contribution in [0.1, 0.15) is 0 Å². The van der Waals surface area contributed by atoms with E-state index in [2.05, 4.69) is 10.3 Å². The number of H-pyrrole nitrogens is 1. The lowest BCUT2D eigenvalue weighted by Crippen LogP contribution is -2.54. The summed E-state index contributed by atoms with van der Waals surface area (Å²) in [6.45, 7) is 0.358. The van der Waals surface area contributed by atoms with Crippen LogP contribution in [0.15, 0.2) is 30.5 Å². The molecule has 0 bridgehead atoms. The molecule has 0 spiro atoms. The zero-order valence-electron chi connectivity index (χ0n) is 9.77. The van der Waals surface area contributed by atoms with Gasteiger partial charge in [0.15, 0.2) is 0 Å². The monoisotopic (exact) mass is 246 g/mol. The molecule has 5 nitrogen and oxygen atoms in total. The minimum absolute atomic E-state index is 0.193. The summed E-state index contributed by atoms with van der Waals surface area (Å²) in [7, 11) is 0. The highest BCUT2D eigenvalue weighted by Gasteiger charge is 2.45. The molecule has 0 radical (unpaired) electrons. The summed E-state index contributed by atoms with van der Waals surface area (Å²) in [5.74, 6) is -0.194. The van der Waals surface area contributed by atoms with Crippen LogP contribution in [0.25, 0.3) is 10.9 Å². The van der Waals surface area contributed by atoms with E-state index in [9.17, 15) is 9.90 Å². The Hall–Kier alpha value is -1.85. The normalized spacial score (nSPS) is 17.4. The second-order valence-corrected chi connectivity index (χ2v) is 4.63. The highest BCUT2D eigenvalue weighted by atomic mass is 16.5. The van der Waals surface area contributed by atoms with Crippen LogP contribution in [0.3, 0.4) is 0 Å². The molecule has 1 aromatic carbocycles. The first kappa shape index (κ1) is 11.3. The van der Waals surface area contributed by atoms with Gasteiger partial charge in [-0.25, -0.2) is 0 Å². The van der Waals surface area contributed by atoms with Crippen molar-refractivity contribution in [3.63, 3.8) is 0 Å². The van der Waals surface area contributed by atoms with Crippen LogP contribution in [0.2, 0.25) is 0 Å². The largest absolute Gasteiger partial charge is 0.395 e. The first-order valence-electron chi connectivity index (χ1n) is 5.81. The van der Waals surface area contributed by atoms with Crippen LogP contribution in [0, 0.1) is 5.41 Å². The van der Waals surface area contributed by atoms with Gasteiger partial charge in [0, 0.05) is 17.1 Å². The lowest BCUT2D eigenvalue weighted by atomic mass is 9.86. The molecular formula is C13H14N2O3. The molecule has 2 heterocycles. The maximum atomic E-state index is 12.1. The quantitative estimate of drug-likeness (QED) is 0.759. The number of aromatic amines is 1. The Morgan fingerprint density at radius 1 is 1.44 bits per heavy atom. The number of aliphatic hydroxyl groups is 1. The van der Waals surface area contributed by atoms with Crippen molar-refractivity contribution in [2.24, 2.45) is 5.41 Å². The number of nitrogens with one attached hydrogen (secondary N) is 2. The van der Waals surface area contributed by atoms with Crippen LogP contribution >= 0.6 is 0 Å². The van der Waals surface area contributed by atoms with Crippen molar-refractivity contribution in [3.8, 4) is 0 Å². The molecule has 18 heavy (non-hydrogen) atoms. The standard InChI is InChI=1S/C13H14N2O3/c16-6-13(7-18-8-13)12(17)15-11-5-14-10-4-2-1-3-9(10)11/h1-5,14,16H,6-8H2,(H,15,17). The summed E-state index contributed by atoms with van der Waals surface area (Å²) in [4.78, 5) is 15.2. The minimum Gasteiger partial charge on any atom is -0.395 e. The predicted octanol–water partition coefficient (Wildman–Crippen LogP) is 1.12. The van der Waals surface area contributed by atoms with Crippen molar-refractivity contribution < 1.29 is 14.6 Å². The highest BCUT2D eigenvalue weighted by molar-refractivity contribution is 6.04. The van der Waals surface area contributed by atoms with Gasteiger partial charge in [0.05, 0.1) is 25.5 Å². The number of hydrogen-bond acceptors (Lipinski definition) is 3. The van der Waals surface area contributed by atoms with E-state index in [1.54, 1.807) is 6.20 Å². The Morgan fingerprint density at radius 2 is 2.22 bits per heavy atom. The van der Waals surface area contributed by atoms with Crippen molar-refractivity contribution in [1.82, 2.24) is 4.98 Å². The van der Waals surface area contributed by atoms with E-state index in [1.807, 2.05) is 24.3 Å². The van der Waals surface area contributed by atoms with E-state index in [0.717, 1.165) is 16.6 Å². The minimum atomic E-state index is -0.779. The Balaban J connectivity index is 1.86. The highest BCUT2D eigenvalue weighted by Crippen LogP contribution is 2.30. The van der Waals surface area contributed by atoms with Crippen molar-refractivity contribution in [2.45, 2.75) is 0 Å². The number of fused-ring (bicyclic) bond motifs is 1. The first-order chi connectivity index (χ1) is 8.75. The number of ether oxygens (including phenoxy) is 1. The summed E-state index contributed by atoms with van der Waals surface area (Å²) in [5.41, 5.74) is 0.921. The molecule has 5 heteroatoms. The molecule has 1 aromatic heterocycles. The SMILES string of the molecule is O=C(Nc1c[nH]c2ccccc12)C1(CO)COC1. The molecular weight excluding hydrogens is 232 g/mol. The zero-order chi connectivity index (χ0) is 12.6. The van der Waals surface area contributed by atoms with E-state index in [-0.39, 0.29) is 25.7 Å². The van der Waals surface area contributed by atoms with Crippen LogP contribution in [0.4, 0.5) is 5.69 Å². The molecule has 1 amide bonds. The molecule has 1 aliphatic heterocycles. The maximum Gasteiger partial charge on any atom is 0.237 e. The fourth-order valence-corrected chi connectivity index (χ4v) is 2.07. The van der Waals surface area contributed by atoms with Gasteiger partial charge in [0.25, 0.3) is 0 Å². The van der Waals surface area contributed by atoms with Gasteiger partial charge in [-0.3, -0.25) is 4.79 Å². The zero-order valence-corrected chi connectivity index (χ0v) is 9.77. The van der Waals surface area contributed by atoms with Gasteiger partial charge in [-0.1, -0.05) is 18.2 Å². The summed E-state index contributed by atoms with van der Waals surface area (Å²) < 4.78 is 5.03. The van der Waals surface area contributed by atoms with Gasteiger partial charge in [-0.15, -0.1) is 0 Å². The number of carbonyl (C=O) groups excluding carboxylic acids is 1. The first-order valence-corrected chi connectivity index (χ1v) is 5.81. The molecule has 3 N–H and O–H groups in total. The summed E-state index contributed by atoms with van der Waals surface area (Å²) in [6.07, 6.45) is 1.76. The average molecular weight is 246 g/mol. The third-order valence-corrected chi connectivity index (χ3v) is 3.38. The number of rotatable bonds is 3. The van der Waals surface area contributed by atoms with Crippen molar-refractivity contribution in [3.05, 3.63) is 30.5 Å². The van der Waals surface area contributed by atoms with E-state index in [4.69, 9.17) is 4.74 Å². The van der Waals surface area contributed by atoms with Gasteiger partial charge in [0.1, 0.15) is 5.41 Å². The summed E-state index contributed by atoms with van der Waals surface area (Å²) in [6, 6.07) is 7.73. The number of benzene rings is 1. The molecule has 0 saturated carbocycles. The number of para-hydroxylation sites is 1. The fraction of sp³-hybridized carbons (Fsp3) is 0.308. The number of anilines is 1. The second kappa shape index (κ2) is 4.12. The smallest absolute Gasteiger partial charge is 0.237 e. The van der Waals surface area contributed by atoms with Crippen molar-refractivity contribution in [1.29, 1.82) is 0 Å². The summed E-state index contributed by atoms with van der Waals surface area (Å²) >= 11 is 0. The number of amides is 1. The van der Waals surface area contributed by atoms with Crippen LogP contribution < -0.4 is 5.32 Å². The molecule has 1 saturated heterocycles. The number of carbonyl (C=O) groups is 1. The van der Waals surface area contributed by atoms with Crippen LogP contribution in [0.5, 0.6) is 0 Å². The van der Waals surface area contributed by atoms with Crippen LogP contribution in [-0.4, -0.2) is 35.8 Å². The molecule has 2 aromatic rings. The number of aliphatic hydroxyl groups excluding tert-OH is 1. The van der Waals surface area contributed by atoms with Gasteiger partial charge in [-0.05, 0) is 6.07 Å². The third kappa shape index (κ3) is 1.60. The molecule has 94 valence electrons. The molecule has 1 fully saturated rings. The maximum absolute atomic E-state index is 12.1. The Kier molecular flexibility index (Phi) is 2.57. The van der Waals surface area contributed by atoms with Crippen molar-refractivity contribution in [2.75, 3.05) is 25.1 Å². The average Bonchev–Trinajstić information content (AvgIpc) is 2.72.